The Balaban J connectivity index is 1.73. The van der Waals surface area contributed by atoms with Crippen LogP contribution < -0.4 is 10.1 Å². The lowest BCUT2D eigenvalue weighted by Crippen LogP contribution is -2.43. The second kappa shape index (κ2) is 7.13. The van der Waals surface area contributed by atoms with Gasteiger partial charge in [0, 0.05) is 26.1 Å². The fraction of sp³-hybridized carbons (Fsp3) is 0.588. The minimum atomic E-state index is -3.57. The molecule has 2 saturated heterocycles. The van der Waals surface area contributed by atoms with Crippen molar-refractivity contribution in [1.29, 1.82) is 0 Å². The lowest BCUT2D eigenvalue weighted by Gasteiger charge is -2.40. The van der Waals surface area contributed by atoms with Crippen LogP contribution >= 0.6 is 11.6 Å². The van der Waals surface area contributed by atoms with Crippen LogP contribution in [-0.2, 0) is 14.8 Å². The summed E-state index contributed by atoms with van der Waals surface area (Å²) in [6.45, 7) is 1.63. The number of halogens is 1. The Labute approximate surface area is 153 Å². The summed E-state index contributed by atoms with van der Waals surface area (Å²) in [6.07, 6.45) is 3.85. The van der Waals surface area contributed by atoms with Crippen molar-refractivity contribution in [3.63, 3.8) is 0 Å². The van der Waals surface area contributed by atoms with Gasteiger partial charge in [-0.1, -0.05) is 11.6 Å². The first-order valence-electron chi connectivity index (χ1n) is 8.47. The molecule has 0 bridgehead atoms. The Morgan fingerprint density at radius 1 is 1.20 bits per heavy atom. The summed E-state index contributed by atoms with van der Waals surface area (Å²) in [4.78, 5) is 11.7. The average Bonchev–Trinajstić information content (AvgIpc) is 2.77. The third kappa shape index (κ3) is 3.78. The van der Waals surface area contributed by atoms with E-state index in [2.05, 4.69) is 5.32 Å². The fourth-order valence-corrected chi connectivity index (χ4v) is 5.51. The number of methoxy groups -OCH3 is 1. The van der Waals surface area contributed by atoms with Crippen LogP contribution in [0.5, 0.6) is 5.75 Å². The van der Waals surface area contributed by atoms with Gasteiger partial charge in [0.25, 0.3) is 0 Å². The van der Waals surface area contributed by atoms with E-state index in [0.29, 0.717) is 31.8 Å². The Hall–Kier alpha value is -1.31. The summed E-state index contributed by atoms with van der Waals surface area (Å²) in [5.74, 6) is 0.550. The quantitative estimate of drug-likeness (QED) is 0.865. The number of carbonyl (C=O) groups is 1. The molecule has 1 aromatic rings. The predicted octanol–water partition coefficient (Wildman–Crippen LogP) is 2.42. The van der Waals surface area contributed by atoms with E-state index >= 15 is 0 Å². The van der Waals surface area contributed by atoms with Crippen LogP contribution in [0, 0.1) is 5.41 Å². The monoisotopic (exact) mass is 386 g/mol. The SMILES string of the molecule is COc1ccc(S(=O)(=O)N2CCC3(CCNC(=O)CC3)CC2)cc1Cl. The van der Waals surface area contributed by atoms with Gasteiger partial charge in [-0.3, -0.25) is 4.79 Å². The van der Waals surface area contributed by atoms with Gasteiger partial charge in [-0.2, -0.15) is 4.31 Å². The van der Waals surface area contributed by atoms with Crippen molar-refractivity contribution in [2.45, 2.75) is 37.0 Å². The molecule has 2 fully saturated rings. The van der Waals surface area contributed by atoms with Gasteiger partial charge in [0.1, 0.15) is 5.75 Å². The number of hydrogen-bond acceptors (Lipinski definition) is 4. The molecule has 0 radical (unpaired) electrons. The van der Waals surface area contributed by atoms with E-state index in [9.17, 15) is 13.2 Å². The van der Waals surface area contributed by atoms with Crippen molar-refractivity contribution in [2.24, 2.45) is 5.41 Å². The lowest BCUT2D eigenvalue weighted by molar-refractivity contribution is -0.120. The Morgan fingerprint density at radius 2 is 1.92 bits per heavy atom. The molecule has 2 aliphatic rings. The number of carbonyl (C=O) groups excluding carboxylic acids is 1. The van der Waals surface area contributed by atoms with Crippen molar-refractivity contribution in [3.05, 3.63) is 23.2 Å². The molecule has 8 heteroatoms. The molecule has 6 nitrogen and oxygen atoms in total. The maximum atomic E-state index is 12.9. The number of sulfonamides is 1. The molecule has 138 valence electrons. The van der Waals surface area contributed by atoms with Crippen LogP contribution in [0.15, 0.2) is 23.1 Å². The molecule has 1 spiro atoms. The second-order valence-electron chi connectivity index (χ2n) is 6.80. The summed E-state index contributed by atoms with van der Waals surface area (Å²) >= 11 is 6.08. The summed E-state index contributed by atoms with van der Waals surface area (Å²) in [5.41, 5.74) is 0.0722. The van der Waals surface area contributed by atoms with E-state index in [-0.39, 0.29) is 21.2 Å². The number of benzene rings is 1. The summed E-state index contributed by atoms with van der Waals surface area (Å²) in [6, 6.07) is 4.54. The molecule has 0 atom stereocenters. The molecule has 2 heterocycles. The van der Waals surface area contributed by atoms with E-state index in [0.717, 1.165) is 25.7 Å². The molecule has 0 saturated carbocycles. The molecule has 1 aromatic carbocycles. The number of nitrogens with zero attached hydrogens (tertiary/aromatic N) is 1. The summed E-state index contributed by atoms with van der Waals surface area (Å²) < 4.78 is 32.4. The van der Waals surface area contributed by atoms with Crippen LogP contribution in [0.1, 0.15) is 32.1 Å². The molecule has 0 aliphatic carbocycles. The van der Waals surface area contributed by atoms with Gasteiger partial charge in [-0.05, 0) is 49.3 Å². The third-order valence-electron chi connectivity index (χ3n) is 5.40. The number of amides is 1. The minimum Gasteiger partial charge on any atom is -0.495 e. The van der Waals surface area contributed by atoms with Crippen molar-refractivity contribution >= 4 is 27.5 Å². The van der Waals surface area contributed by atoms with E-state index < -0.39 is 10.0 Å². The maximum absolute atomic E-state index is 12.9. The first-order valence-corrected chi connectivity index (χ1v) is 10.3. The number of rotatable bonds is 3. The molecule has 25 heavy (non-hydrogen) atoms. The average molecular weight is 387 g/mol. The van der Waals surface area contributed by atoms with Crippen molar-refractivity contribution in [1.82, 2.24) is 9.62 Å². The zero-order chi connectivity index (χ0) is 18.1. The predicted molar refractivity (Wildman–Crippen MR) is 95.3 cm³/mol. The van der Waals surface area contributed by atoms with Gasteiger partial charge in [-0.15, -0.1) is 0 Å². The van der Waals surface area contributed by atoms with Crippen molar-refractivity contribution in [3.8, 4) is 5.75 Å². The summed E-state index contributed by atoms with van der Waals surface area (Å²) in [5, 5.41) is 3.19. The topological polar surface area (TPSA) is 75.7 Å². The number of nitrogens with one attached hydrogen (secondary N) is 1. The highest BCUT2D eigenvalue weighted by molar-refractivity contribution is 7.89. The highest BCUT2D eigenvalue weighted by atomic mass is 35.5. The van der Waals surface area contributed by atoms with Crippen LogP contribution in [0.3, 0.4) is 0 Å². The molecule has 0 aromatic heterocycles. The Kier molecular flexibility index (Phi) is 5.27. The summed E-state index contributed by atoms with van der Waals surface area (Å²) in [7, 11) is -2.08. The molecular formula is C17H23ClN2O4S. The van der Waals surface area contributed by atoms with Crippen molar-refractivity contribution < 1.29 is 17.9 Å². The second-order valence-corrected chi connectivity index (χ2v) is 9.15. The van der Waals surface area contributed by atoms with E-state index in [1.807, 2.05) is 0 Å². The highest BCUT2D eigenvalue weighted by Crippen LogP contribution is 2.41. The third-order valence-corrected chi connectivity index (χ3v) is 7.59. The maximum Gasteiger partial charge on any atom is 0.243 e. The first kappa shape index (κ1) is 18.5. The molecule has 3 rings (SSSR count). The van der Waals surface area contributed by atoms with E-state index in [1.165, 1.54) is 23.5 Å². The minimum absolute atomic E-state index is 0.0722. The zero-order valence-electron chi connectivity index (χ0n) is 14.3. The largest absolute Gasteiger partial charge is 0.495 e. The molecule has 0 unspecified atom stereocenters. The van der Waals surface area contributed by atoms with Crippen LogP contribution in [0.2, 0.25) is 5.02 Å². The zero-order valence-corrected chi connectivity index (χ0v) is 15.8. The van der Waals surface area contributed by atoms with E-state index in [1.54, 1.807) is 6.07 Å². The fourth-order valence-electron chi connectivity index (χ4n) is 3.72. The van der Waals surface area contributed by atoms with Crippen LogP contribution in [0.25, 0.3) is 0 Å². The van der Waals surface area contributed by atoms with Crippen LogP contribution in [-0.4, -0.2) is 45.4 Å². The van der Waals surface area contributed by atoms with Gasteiger partial charge in [0.2, 0.25) is 15.9 Å². The van der Waals surface area contributed by atoms with Gasteiger partial charge in [-0.25, -0.2) is 8.42 Å². The van der Waals surface area contributed by atoms with Crippen LogP contribution in [0.4, 0.5) is 0 Å². The number of ether oxygens (including phenoxy) is 1. The Bertz CT molecular complexity index is 758. The highest BCUT2D eigenvalue weighted by Gasteiger charge is 2.39. The van der Waals surface area contributed by atoms with E-state index in [4.69, 9.17) is 16.3 Å². The van der Waals surface area contributed by atoms with Gasteiger partial charge >= 0.3 is 0 Å². The van der Waals surface area contributed by atoms with Gasteiger partial charge < -0.3 is 10.1 Å². The number of piperidine rings is 1. The van der Waals surface area contributed by atoms with Crippen molar-refractivity contribution in [2.75, 3.05) is 26.7 Å². The van der Waals surface area contributed by atoms with Gasteiger partial charge in [0.15, 0.2) is 0 Å². The smallest absolute Gasteiger partial charge is 0.243 e. The Morgan fingerprint density at radius 3 is 2.56 bits per heavy atom. The number of hydrogen-bond donors (Lipinski definition) is 1. The molecule has 2 aliphatic heterocycles. The lowest BCUT2D eigenvalue weighted by atomic mass is 9.73. The molecule has 1 N–H and O–H groups in total. The first-order chi connectivity index (χ1) is 11.9. The molecular weight excluding hydrogens is 364 g/mol. The van der Waals surface area contributed by atoms with Gasteiger partial charge in [0.05, 0.1) is 17.0 Å². The standard InChI is InChI=1S/C17H23ClN2O4S/c1-24-15-3-2-13(12-14(15)18)25(22,23)20-10-7-17(8-11-20)5-4-16(21)19-9-6-17/h2-3,12H,4-11H2,1H3,(H,19,21). The molecule has 1 amide bonds. The normalized spacial score (nSPS) is 21.6.